The Morgan fingerprint density at radius 1 is 0.325 bits per heavy atom. The molecular formula is C37H24OS2. The van der Waals surface area contributed by atoms with Crippen LogP contribution in [0.4, 0.5) is 0 Å². The monoisotopic (exact) mass is 548 g/mol. The van der Waals surface area contributed by atoms with Gasteiger partial charge in [0.2, 0.25) is 0 Å². The molecule has 0 spiro atoms. The second-order valence-electron chi connectivity index (χ2n) is 9.67. The van der Waals surface area contributed by atoms with E-state index in [4.69, 9.17) is 0 Å². The number of allylic oxidation sites excluding steroid dienone is 4. The van der Waals surface area contributed by atoms with Crippen LogP contribution in [0.5, 0.6) is 0 Å². The summed E-state index contributed by atoms with van der Waals surface area (Å²) in [4.78, 5) is 16.9. The maximum atomic E-state index is 14.5. The number of Topliss-reactive ketones (excluding diaryl/α,β-unsaturated/α-hetero) is 1. The summed E-state index contributed by atoms with van der Waals surface area (Å²) in [5.74, 6) is 0.0621. The van der Waals surface area contributed by atoms with E-state index < -0.39 is 0 Å². The van der Waals surface area contributed by atoms with Gasteiger partial charge in [-0.3, -0.25) is 4.79 Å². The van der Waals surface area contributed by atoms with Crippen LogP contribution in [-0.4, -0.2) is 5.78 Å². The van der Waals surface area contributed by atoms with E-state index in [0.717, 1.165) is 44.5 Å². The fraction of sp³-hybridized carbons (Fsp3) is 0. The van der Waals surface area contributed by atoms with E-state index in [0.29, 0.717) is 0 Å². The van der Waals surface area contributed by atoms with Gasteiger partial charge < -0.3 is 0 Å². The molecule has 0 aliphatic heterocycles. The number of carbonyl (C=O) groups is 1. The summed E-state index contributed by atoms with van der Waals surface area (Å²) in [6.07, 6.45) is 0. The Morgan fingerprint density at radius 3 is 1.02 bits per heavy atom. The van der Waals surface area contributed by atoms with Crippen LogP contribution in [0.1, 0.15) is 22.3 Å². The average molecular weight is 549 g/mol. The van der Waals surface area contributed by atoms with Gasteiger partial charge in [0.1, 0.15) is 0 Å². The Bertz CT molecular complexity index is 1700. The highest BCUT2D eigenvalue weighted by Gasteiger charge is 2.35. The predicted molar refractivity (Wildman–Crippen MR) is 171 cm³/mol. The van der Waals surface area contributed by atoms with E-state index in [1.807, 2.05) is 60.7 Å². The lowest BCUT2D eigenvalue weighted by atomic mass is 9.88. The van der Waals surface area contributed by atoms with E-state index in [1.165, 1.54) is 20.9 Å². The zero-order valence-electron chi connectivity index (χ0n) is 21.6. The number of hydrogen-bond donors (Lipinski definition) is 0. The molecule has 4 aromatic carbocycles. The molecule has 1 nitrogen and oxygen atoms in total. The smallest absolute Gasteiger partial charge is 0.195 e. The molecule has 0 unspecified atom stereocenters. The lowest BCUT2D eigenvalue weighted by Gasteiger charge is -2.14. The van der Waals surface area contributed by atoms with Gasteiger partial charge in [-0.25, -0.2) is 0 Å². The quantitative estimate of drug-likeness (QED) is 0.202. The molecule has 0 saturated heterocycles. The van der Waals surface area contributed by atoms with Crippen molar-refractivity contribution in [1.82, 2.24) is 0 Å². The summed E-state index contributed by atoms with van der Waals surface area (Å²) in [6, 6.07) is 45.9. The summed E-state index contributed by atoms with van der Waals surface area (Å²) in [7, 11) is 0. The van der Waals surface area contributed by atoms with Crippen molar-refractivity contribution in [2.75, 3.05) is 0 Å². The number of benzene rings is 4. The molecule has 2 aromatic heterocycles. The number of hydrogen-bond acceptors (Lipinski definition) is 3. The van der Waals surface area contributed by atoms with Crippen molar-refractivity contribution >= 4 is 50.7 Å². The van der Waals surface area contributed by atoms with Crippen LogP contribution >= 0.6 is 22.7 Å². The summed E-state index contributed by atoms with van der Waals surface area (Å²) in [5, 5.41) is 4.20. The SMILES string of the molecule is O=C1C(c2ccccc2)=C(c2ccc(-c3cccs3)cc2)C(c2ccc(-c3cccs3)cc2)=C1c1ccccc1. The third-order valence-electron chi connectivity index (χ3n) is 7.29. The molecule has 0 atom stereocenters. The lowest BCUT2D eigenvalue weighted by molar-refractivity contribution is -0.108. The molecule has 0 amide bonds. The van der Waals surface area contributed by atoms with Gasteiger partial charge in [0.15, 0.2) is 5.78 Å². The first-order valence-corrected chi connectivity index (χ1v) is 15.0. The molecule has 0 N–H and O–H groups in total. The molecule has 1 aliphatic rings. The van der Waals surface area contributed by atoms with Crippen LogP contribution in [0, 0.1) is 0 Å². The van der Waals surface area contributed by atoms with Gasteiger partial charge in [-0.05, 0) is 56.3 Å². The van der Waals surface area contributed by atoms with Crippen molar-refractivity contribution in [3.63, 3.8) is 0 Å². The minimum atomic E-state index is 0.0621. The van der Waals surface area contributed by atoms with Crippen LogP contribution in [0.15, 0.2) is 144 Å². The van der Waals surface area contributed by atoms with Gasteiger partial charge in [0.05, 0.1) is 0 Å². The van der Waals surface area contributed by atoms with E-state index in [9.17, 15) is 4.79 Å². The van der Waals surface area contributed by atoms with Crippen molar-refractivity contribution in [3.8, 4) is 20.9 Å². The van der Waals surface area contributed by atoms with E-state index in [1.54, 1.807) is 22.7 Å². The fourth-order valence-electron chi connectivity index (χ4n) is 5.43. The van der Waals surface area contributed by atoms with Crippen molar-refractivity contribution in [2.24, 2.45) is 0 Å². The molecule has 7 rings (SSSR count). The molecule has 190 valence electrons. The first-order valence-electron chi connectivity index (χ1n) is 13.2. The Kier molecular flexibility index (Phi) is 6.45. The molecule has 40 heavy (non-hydrogen) atoms. The topological polar surface area (TPSA) is 17.1 Å². The highest BCUT2D eigenvalue weighted by Crippen LogP contribution is 2.50. The van der Waals surface area contributed by atoms with Crippen molar-refractivity contribution in [3.05, 3.63) is 166 Å². The maximum Gasteiger partial charge on any atom is 0.195 e. The molecular weight excluding hydrogens is 525 g/mol. The van der Waals surface area contributed by atoms with Gasteiger partial charge in [0, 0.05) is 32.0 Å². The van der Waals surface area contributed by atoms with Crippen LogP contribution < -0.4 is 0 Å². The first kappa shape index (κ1) is 24.5. The average Bonchev–Trinajstić information content (AvgIpc) is 3.80. The minimum absolute atomic E-state index is 0.0621. The number of carbonyl (C=O) groups excluding carboxylic acids is 1. The second kappa shape index (κ2) is 10.5. The highest BCUT2D eigenvalue weighted by atomic mass is 32.1. The van der Waals surface area contributed by atoms with Gasteiger partial charge in [-0.2, -0.15) is 0 Å². The lowest BCUT2D eigenvalue weighted by Crippen LogP contribution is -2.01. The van der Waals surface area contributed by atoms with Crippen LogP contribution in [0.25, 0.3) is 43.2 Å². The van der Waals surface area contributed by atoms with Crippen molar-refractivity contribution in [1.29, 1.82) is 0 Å². The van der Waals surface area contributed by atoms with Gasteiger partial charge in [-0.15, -0.1) is 22.7 Å². The predicted octanol–water partition coefficient (Wildman–Crippen LogP) is 10.2. The van der Waals surface area contributed by atoms with Crippen LogP contribution in [0.2, 0.25) is 0 Å². The normalized spacial score (nSPS) is 13.3. The molecule has 0 saturated carbocycles. The Morgan fingerprint density at radius 2 is 0.675 bits per heavy atom. The van der Waals surface area contributed by atoms with E-state index in [2.05, 4.69) is 83.6 Å². The molecule has 0 radical (unpaired) electrons. The van der Waals surface area contributed by atoms with Crippen molar-refractivity contribution in [2.45, 2.75) is 0 Å². The van der Waals surface area contributed by atoms with Crippen molar-refractivity contribution < 1.29 is 4.79 Å². The third kappa shape index (κ3) is 4.40. The molecule has 2 heterocycles. The Balaban J connectivity index is 1.47. The molecule has 6 aromatic rings. The van der Waals surface area contributed by atoms with Gasteiger partial charge in [-0.1, -0.05) is 121 Å². The minimum Gasteiger partial charge on any atom is -0.289 e. The summed E-state index contributed by atoms with van der Waals surface area (Å²) in [5.41, 5.74) is 9.77. The zero-order chi connectivity index (χ0) is 26.9. The summed E-state index contributed by atoms with van der Waals surface area (Å²) < 4.78 is 0. The van der Waals surface area contributed by atoms with E-state index in [-0.39, 0.29) is 5.78 Å². The maximum absolute atomic E-state index is 14.5. The first-order chi connectivity index (χ1) is 19.8. The fourth-order valence-corrected chi connectivity index (χ4v) is 6.89. The molecule has 0 bridgehead atoms. The number of ketones is 1. The second-order valence-corrected chi connectivity index (χ2v) is 11.6. The van der Waals surface area contributed by atoms with Gasteiger partial charge in [0.25, 0.3) is 0 Å². The van der Waals surface area contributed by atoms with Crippen LogP contribution in [0.3, 0.4) is 0 Å². The largest absolute Gasteiger partial charge is 0.289 e. The zero-order valence-corrected chi connectivity index (χ0v) is 23.2. The van der Waals surface area contributed by atoms with E-state index >= 15 is 0 Å². The summed E-state index contributed by atoms with van der Waals surface area (Å²) in [6.45, 7) is 0. The number of rotatable bonds is 6. The molecule has 3 heteroatoms. The number of thiophene rings is 2. The Labute approximate surface area is 242 Å². The van der Waals surface area contributed by atoms with Crippen LogP contribution in [-0.2, 0) is 4.79 Å². The molecule has 0 fully saturated rings. The molecule has 1 aliphatic carbocycles. The third-order valence-corrected chi connectivity index (χ3v) is 9.13. The standard InChI is InChI=1S/C37H24OS2/c38-37-35(27-9-3-1-4-10-27)33(29-19-15-25(16-20-29)31-13-7-23-39-31)34(36(37)28-11-5-2-6-12-28)30-21-17-26(18-22-30)32-14-8-24-40-32/h1-24H. The van der Waals surface area contributed by atoms with Gasteiger partial charge >= 0.3 is 0 Å². The summed E-state index contributed by atoms with van der Waals surface area (Å²) >= 11 is 3.47. The highest BCUT2D eigenvalue weighted by molar-refractivity contribution is 7.13. The Hall–Kier alpha value is -4.57.